The van der Waals surface area contributed by atoms with E-state index in [1.807, 2.05) is 43.3 Å². The van der Waals surface area contributed by atoms with Crippen LogP contribution in [0.25, 0.3) is 11.0 Å². The van der Waals surface area contributed by atoms with E-state index in [2.05, 4.69) is 15.5 Å². The van der Waals surface area contributed by atoms with Crippen LogP contribution in [-0.4, -0.2) is 46.0 Å². The minimum atomic E-state index is -0.355. The standard InChI is InChI=1S/C33H35ClFN3O3/c1-2-31(39)23-8-10-29-30(17-23)38(19-26-13-16-40-26)33(36-29)20-37-14-11-22(12-15-37)27-5-3-4-6-32(27)41-21-24-7-9-25(34)18-28(24)35/h3-10,17-18,22,26H,2,11-16,19-21H2,1H3/t26-/m0/s1. The van der Waals surface area contributed by atoms with Crippen molar-refractivity contribution in [2.45, 2.75) is 64.3 Å². The van der Waals surface area contributed by atoms with Gasteiger partial charge in [-0.05, 0) is 80.2 Å². The molecule has 1 atom stereocenters. The fourth-order valence-corrected chi connectivity index (χ4v) is 6.01. The van der Waals surface area contributed by atoms with E-state index in [-0.39, 0.29) is 24.3 Å². The summed E-state index contributed by atoms with van der Waals surface area (Å²) in [5, 5.41) is 0.377. The van der Waals surface area contributed by atoms with E-state index < -0.39 is 0 Å². The molecule has 0 bridgehead atoms. The molecule has 2 saturated heterocycles. The smallest absolute Gasteiger partial charge is 0.162 e. The molecule has 0 aliphatic carbocycles. The molecule has 0 radical (unpaired) electrons. The maximum absolute atomic E-state index is 14.3. The van der Waals surface area contributed by atoms with E-state index in [1.165, 1.54) is 11.6 Å². The van der Waals surface area contributed by atoms with Gasteiger partial charge in [0.05, 0.1) is 30.2 Å². The minimum absolute atomic E-state index is 0.144. The zero-order valence-corrected chi connectivity index (χ0v) is 24.1. The number of carbonyl (C=O) groups excluding carboxylic acids is 1. The molecule has 6 rings (SSSR count). The largest absolute Gasteiger partial charge is 0.489 e. The fourth-order valence-electron chi connectivity index (χ4n) is 5.85. The molecule has 3 aromatic carbocycles. The van der Waals surface area contributed by atoms with Crippen LogP contribution in [0.2, 0.25) is 5.02 Å². The van der Waals surface area contributed by atoms with Crippen molar-refractivity contribution in [3.05, 3.63) is 94.0 Å². The number of halogens is 2. The zero-order chi connectivity index (χ0) is 28.3. The normalized spacial score (nSPS) is 18.0. The molecule has 0 unspecified atom stereocenters. The number of ether oxygens (including phenoxy) is 2. The number of aromatic nitrogens is 2. The van der Waals surface area contributed by atoms with Gasteiger partial charge in [-0.15, -0.1) is 0 Å². The Hall–Kier alpha value is -3.26. The quantitative estimate of drug-likeness (QED) is 0.188. The summed E-state index contributed by atoms with van der Waals surface area (Å²) in [5.41, 5.74) is 4.32. The van der Waals surface area contributed by atoms with Crippen molar-refractivity contribution in [3.63, 3.8) is 0 Å². The average Bonchev–Trinajstić information content (AvgIpc) is 3.30. The highest BCUT2D eigenvalue weighted by Crippen LogP contribution is 2.35. The maximum atomic E-state index is 14.3. The number of imidazole rings is 1. The number of hydrogen-bond acceptors (Lipinski definition) is 5. The first-order valence-corrected chi connectivity index (χ1v) is 14.9. The van der Waals surface area contributed by atoms with Crippen LogP contribution in [0.5, 0.6) is 5.75 Å². The number of Topliss-reactive ketones (excluding diaryl/α,β-unsaturated/α-hetero) is 1. The van der Waals surface area contributed by atoms with Gasteiger partial charge < -0.3 is 14.0 Å². The van der Waals surface area contributed by atoms with Crippen molar-refractivity contribution in [1.82, 2.24) is 14.5 Å². The first kappa shape index (κ1) is 27.9. The Balaban J connectivity index is 1.14. The van der Waals surface area contributed by atoms with Crippen molar-refractivity contribution in [3.8, 4) is 5.75 Å². The van der Waals surface area contributed by atoms with Crippen LogP contribution in [0.1, 0.15) is 65.8 Å². The molecule has 2 fully saturated rings. The molecule has 0 N–H and O–H groups in total. The van der Waals surface area contributed by atoms with E-state index in [0.717, 1.165) is 80.2 Å². The topological polar surface area (TPSA) is 56.6 Å². The second-order valence-corrected chi connectivity index (χ2v) is 11.4. The molecule has 2 aliphatic heterocycles. The predicted molar refractivity (Wildman–Crippen MR) is 158 cm³/mol. The van der Waals surface area contributed by atoms with E-state index in [9.17, 15) is 9.18 Å². The van der Waals surface area contributed by atoms with Gasteiger partial charge in [0.15, 0.2) is 5.78 Å². The van der Waals surface area contributed by atoms with Gasteiger partial charge in [0.1, 0.15) is 24.0 Å². The van der Waals surface area contributed by atoms with Crippen LogP contribution in [0.15, 0.2) is 60.7 Å². The van der Waals surface area contributed by atoms with E-state index in [4.69, 9.17) is 26.1 Å². The summed E-state index contributed by atoms with van der Waals surface area (Å²) in [5.74, 6) is 1.98. The van der Waals surface area contributed by atoms with Crippen LogP contribution in [0, 0.1) is 5.82 Å². The lowest BCUT2D eigenvalue weighted by atomic mass is 9.89. The molecule has 6 nitrogen and oxygen atoms in total. The Kier molecular flexibility index (Phi) is 8.37. The second kappa shape index (κ2) is 12.3. The number of carbonyl (C=O) groups is 1. The molecule has 41 heavy (non-hydrogen) atoms. The Bertz CT molecular complexity index is 1540. The Morgan fingerprint density at radius 3 is 2.63 bits per heavy atom. The SMILES string of the molecule is CCC(=O)c1ccc2nc(CN3CCC(c4ccccc4OCc4ccc(Cl)cc4F)CC3)n(C[C@@H]3CCO3)c2c1. The van der Waals surface area contributed by atoms with Gasteiger partial charge in [0.2, 0.25) is 0 Å². The Morgan fingerprint density at radius 2 is 1.90 bits per heavy atom. The first-order valence-electron chi connectivity index (χ1n) is 14.5. The summed E-state index contributed by atoms with van der Waals surface area (Å²) in [4.78, 5) is 19.9. The van der Waals surface area contributed by atoms with Crippen molar-refractivity contribution in [2.75, 3.05) is 19.7 Å². The van der Waals surface area contributed by atoms with E-state index >= 15 is 0 Å². The molecule has 0 amide bonds. The van der Waals surface area contributed by atoms with Crippen LogP contribution in [-0.2, 0) is 24.4 Å². The number of para-hydroxylation sites is 1. The zero-order valence-electron chi connectivity index (χ0n) is 23.3. The van der Waals surface area contributed by atoms with Gasteiger partial charge >= 0.3 is 0 Å². The van der Waals surface area contributed by atoms with Crippen LogP contribution in [0.3, 0.4) is 0 Å². The fraction of sp³-hybridized carbons (Fsp3) is 0.394. The highest BCUT2D eigenvalue weighted by molar-refractivity contribution is 6.30. The van der Waals surface area contributed by atoms with Gasteiger partial charge in [-0.25, -0.2) is 9.37 Å². The molecule has 8 heteroatoms. The van der Waals surface area contributed by atoms with Gasteiger partial charge in [-0.1, -0.05) is 42.8 Å². The molecule has 0 spiro atoms. The summed E-state index contributed by atoms with van der Waals surface area (Å²) in [7, 11) is 0. The van der Waals surface area contributed by atoms with E-state index in [1.54, 1.807) is 12.1 Å². The highest BCUT2D eigenvalue weighted by atomic mass is 35.5. The predicted octanol–water partition coefficient (Wildman–Crippen LogP) is 7.17. The molecule has 4 aromatic rings. The van der Waals surface area contributed by atoms with Crippen molar-refractivity contribution >= 4 is 28.4 Å². The minimum Gasteiger partial charge on any atom is -0.489 e. The van der Waals surface area contributed by atoms with Gasteiger partial charge in [0, 0.05) is 29.2 Å². The van der Waals surface area contributed by atoms with Crippen molar-refractivity contribution in [1.29, 1.82) is 0 Å². The van der Waals surface area contributed by atoms with Gasteiger partial charge in [-0.2, -0.15) is 0 Å². The lowest BCUT2D eigenvalue weighted by Crippen LogP contribution is -2.35. The summed E-state index contributed by atoms with van der Waals surface area (Å²) in [6.45, 7) is 6.24. The molecule has 3 heterocycles. The molecule has 2 aliphatic rings. The van der Waals surface area contributed by atoms with Crippen LogP contribution >= 0.6 is 11.6 Å². The van der Waals surface area contributed by atoms with Gasteiger partial charge in [-0.3, -0.25) is 9.69 Å². The highest BCUT2D eigenvalue weighted by Gasteiger charge is 2.26. The third kappa shape index (κ3) is 6.17. The summed E-state index contributed by atoms with van der Waals surface area (Å²) in [6.07, 6.45) is 3.72. The number of rotatable bonds is 10. The Morgan fingerprint density at radius 1 is 1.10 bits per heavy atom. The van der Waals surface area contributed by atoms with Crippen molar-refractivity contribution < 1.29 is 18.7 Å². The lowest BCUT2D eigenvalue weighted by molar-refractivity contribution is -0.0592. The second-order valence-electron chi connectivity index (χ2n) is 11.0. The summed E-state index contributed by atoms with van der Waals surface area (Å²) < 4.78 is 28.4. The maximum Gasteiger partial charge on any atom is 0.162 e. The van der Waals surface area contributed by atoms with Crippen LogP contribution in [0.4, 0.5) is 4.39 Å². The molecular weight excluding hydrogens is 541 g/mol. The number of fused-ring (bicyclic) bond motifs is 1. The molecule has 214 valence electrons. The monoisotopic (exact) mass is 575 g/mol. The lowest BCUT2D eigenvalue weighted by Gasteiger charge is -2.33. The number of piperidine rings is 1. The summed E-state index contributed by atoms with van der Waals surface area (Å²) in [6, 6.07) is 18.6. The van der Waals surface area contributed by atoms with Crippen LogP contribution < -0.4 is 4.74 Å². The number of hydrogen-bond donors (Lipinski definition) is 0. The number of likely N-dealkylation sites (tertiary alicyclic amines) is 1. The molecular formula is C33H35ClFN3O3. The third-order valence-corrected chi connectivity index (χ3v) is 8.59. The van der Waals surface area contributed by atoms with Crippen molar-refractivity contribution in [2.24, 2.45) is 0 Å². The molecule has 0 saturated carbocycles. The summed E-state index contributed by atoms with van der Waals surface area (Å²) >= 11 is 5.90. The number of benzene rings is 3. The van der Waals surface area contributed by atoms with Gasteiger partial charge in [0.25, 0.3) is 0 Å². The molecule has 1 aromatic heterocycles. The Labute approximate surface area is 245 Å². The third-order valence-electron chi connectivity index (χ3n) is 8.36. The van der Waals surface area contributed by atoms with E-state index in [0.29, 0.717) is 22.9 Å². The number of nitrogens with zero attached hydrogens (tertiary/aromatic N) is 3. The average molecular weight is 576 g/mol. The number of ketones is 1. The first-order chi connectivity index (χ1) is 20.0.